The molecular formula is C26H22Cl2N2O6. The molecular weight excluding hydrogens is 507 g/mol. The van der Waals surface area contributed by atoms with E-state index in [1.807, 2.05) is 0 Å². The standard InChI is InChI=1S/C26H22Cl2N2O6/c1-3-10-35-22-9-8-19(13-23(22)34-2)25(31)30-29-14-17-11-20(27)24(21(28)12-17)36-15-16-4-6-18(7-5-16)26(32)33/h3-9,11-14H,1,10,15H2,2H3,(H,30,31)(H,32,33)/b29-14+. The number of carbonyl (C=O) groups is 2. The van der Waals surface area contributed by atoms with E-state index in [1.165, 1.54) is 25.5 Å². The lowest BCUT2D eigenvalue weighted by Gasteiger charge is -2.11. The number of aromatic carboxylic acids is 1. The number of nitrogens with one attached hydrogen (secondary N) is 1. The predicted octanol–water partition coefficient (Wildman–Crippen LogP) is 5.61. The molecule has 0 aliphatic rings. The molecule has 0 aliphatic heterocycles. The van der Waals surface area contributed by atoms with Crippen molar-refractivity contribution in [3.63, 3.8) is 0 Å². The highest BCUT2D eigenvalue weighted by molar-refractivity contribution is 6.37. The van der Waals surface area contributed by atoms with Gasteiger partial charge >= 0.3 is 5.97 Å². The molecule has 0 radical (unpaired) electrons. The van der Waals surface area contributed by atoms with Gasteiger partial charge in [0.05, 0.1) is 28.9 Å². The van der Waals surface area contributed by atoms with E-state index in [4.69, 9.17) is 42.5 Å². The molecule has 0 spiro atoms. The Morgan fingerprint density at radius 3 is 2.28 bits per heavy atom. The predicted molar refractivity (Wildman–Crippen MR) is 138 cm³/mol. The van der Waals surface area contributed by atoms with Crippen LogP contribution < -0.4 is 19.6 Å². The zero-order valence-corrected chi connectivity index (χ0v) is 20.7. The van der Waals surface area contributed by atoms with Crippen LogP contribution in [0.4, 0.5) is 0 Å². The molecule has 186 valence electrons. The van der Waals surface area contributed by atoms with Gasteiger partial charge in [-0.25, -0.2) is 10.2 Å². The van der Waals surface area contributed by atoms with Gasteiger partial charge in [-0.05, 0) is 53.6 Å². The Kier molecular flexibility index (Phi) is 9.32. The van der Waals surface area contributed by atoms with Crippen molar-refractivity contribution in [2.75, 3.05) is 13.7 Å². The van der Waals surface area contributed by atoms with Crippen LogP contribution in [0.15, 0.2) is 72.4 Å². The number of benzene rings is 3. The minimum absolute atomic E-state index is 0.143. The van der Waals surface area contributed by atoms with Gasteiger partial charge in [-0.15, -0.1) is 0 Å². The third-order valence-electron chi connectivity index (χ3n) is 4.77. The molecule has 0 fully saturated rings. The summed E-state index contributed by atoms with van der Waals surface area (Å²) in [5.74, 6) is -0.297. The Labute approximate surface area is 217 Å². The largest absolute Gasteiger partial charge is 0.493 e. The zero-order valence-electron chi connectivity index (χ0n) is 19.2. The molecule has 0 saturated carbocycles. The second-order valence-electron chi connectivity index (χ2n) is 7.27. The van der Waals surface area contributed by atoms with Gasteiger partial charge in [0.2, 0.25) is 0 Å². The van der Waals surface area contributed by atoms with E-state index in [2.05, 4.69) is 17.1 Å². The van der Waals surface area contributed by atoms with Crippen molar-refractivity contribution in [1.29, 1.82) is 0 Å². The molecule has 3 aromatic rings. The Hall–Kier alpha value is -4.01. The quantitative estimate of drug-likeness (QED) is 0.190. The van der Waals surface area contributed by atoms with E-state index >= 15 is 0 Å². The van der Waals surface area contributed by atoms with Gasteiger partial charge in [0.25, 0.3) is 5.91 Å². The van der Waals surface area contributed by atoms with Gasteiger partial charge in [-0.1, -0.05) is 48.0 Å². The van der Waals surface area contributed by atoms with Crippen LogP contribution in [0.1, 0.15) is 31.8 Å². The number of halogens is 2. The average molecular weight is 529 g/mol. The van der Waals surface area contributed by atoms with E-state index in [0.717, 1.165) is 5.56 Å². The van der Waals surface area contributed by atoms with E-state index in [0.29, 0.717) is 29.2 Å². The Morgan fingerprint density at radius 2 is 1.67 bits per heavy atom. The van der Waals surface area contributed by atoms with Crippen LogP contribution >= 0.6 is 23.2 Å². The topological polar surface area (TPSA) is 106 Å². The number of carboxylic acids is 1. The van der Waals surface area contributed by atoms with Crippen molar-refractivity contribution in [1.82, 2.24) is 5.43 Å². The molecule has 0 heterocycles. The summed E-state index contributed by atoms with van der Waals surface area (Å²) in [4.78, 5) is 23.4. The van der Waals surface area contributed by atoms with Gasteiger partial charge in [-0.2, -0.15) is 5.10 Å². The van der Waals surface area contributed by atoms with Crippen molar-refractivity contribution in [3.05, 3.63) is 99.6 Å². The fourth-order valence-corrected chi connectivity index (χ4v) is 3.61. The first-order chi connectivity index (χ1) is 17.3. The number of hydrogen-bond donors (Lipinski definition) is 2. The average Bonchev–Trinajstić information content (AvgIpc) is 2.87. The van der Waals surface area contributed by atoms with E-state index in [1.54, 1.807) is 48.5 Å². The molecule has 2 N–H and O–H groups in total. The minimum Gasteiger partial charge on any atom is -0.493 e. The number of ether oxygens (including phenoxy) is 3. The summed E-state index contributed by atoms with van der Waals surface area (Å²) in [6.07, 6.45) is 3.00. The summed E-state index contributed by atoms with van der Waals surface area (Å²) >= 11 is 12.6. The number of rotatable bonds is 11. The van der Waals surface area contributed by atoms with Crippen LogP contribution in [-0.2, 0) is 6.61 Å². The first kappa shape index (κ1) is 26.6. The molecule has 36 heavy (non-hydrogen) atoms. The Morgan fingerprint density at radius 1 is 1.00 bits per heavy atom. The lowest BCUT2D eigenvalue weighted by atomic mass is 10.1. The first-order valence-electron chi connectivity index (χ1n) is 10.5. The van der Waals surface area contributed by atoms with E-state index < -0.39 is 11.9 Å². The summed E-state index contributed by atoms with van der Waals surface area (Å²) in [5, 5.41) is 13.4. The molecule has 8 nitrogen and oxygen atoms in total. The third kappa shape index (κ3) is 7.00. The normalized spacial score (nSPS) is 10.6. The number of amides is 1. The van der Waals surface area contributed by atoms with Gasteiger partial charge in [0, 0.05) is 5.56 Å². The number of hydrogen-bond acceptors (Lipinski definition) is 6. The maximum Gasteiger partial charge on any atom is 0.335 e. The van der Waals surface area contributed by atoms with Gasteiger partial charge in [-0.3, -0.25) is 4.79 Å². The van der Waals surface area contributed by atoms with E-state index in [9.17, 15) is 9.59 Å². The maximum absolute atomic E-state index is 12.5. The first-order valence-corrected chi connectivity index (χ1v) is 11.3. The second kappa shape index (κ2) is 12.6. The van der Waals surface area contributed by atoms with Crippen molar-refractivity contribution >= 4 is 41.3 Å². The molecule has 3 aromatic carbocycles. The molecule has 0 aliphatic carbocycles. The number of nitrogens with zero attached hydrogens (tertiary/aromatic N) is 1. The molecule has 0 aromatic heterocycles. The lowest BCUT2D eigenvalue weighted by molar-refractivity contribution is 0.0696. The van der Waals surface area contributed by atoms with Gasteiger partial charge < -0.3 is 19.3 Å². The number of hydrazone groups is 1. The highest BCUT2D eigenvalue weighted by atomic mass is 35.5. The molecule has 10 heteroatoms. The Balaban J connectivity index is 1.62. The summed E-state index contributed by atoms with van der Waals surface area (Å²) in [5.41, 5.74) is 4.22. The van der Waals surface area contributed by atoms with Crippen LogP contribution in [0, 0.1) is 0 Å². The van der Waals surface area contributed by atoms with Crippen molar-refractivity contribution < 1.29 is 28.9 Å². The van der Waals surface area contributed by atoms with Gasteiger partial charge in [0.15, 0.2) is 17.2 Å². The van der Waals surface area contributed by atoms with Crippen LogP contribution in [0.5, 0.6) is 17.2 Å². The maximum atomic E-state index is 12.5. The van der Waals surface area contributed by atoms with Crippen molar-refractivity contribution in [2.45, 2.75) is 6.61 Å². The smallest absolute Gasteiger partial charge is 0.335 e. The van der Waals surface area contributed by atoms with Crippen molar-refractivity contribution in [3.8, 4) is 17.2 Å². The lowest BCUT2D eigenvalue weighted by Crippen LogP contribution is -2.17. The van der Waals surface area contributed by atoms with E-state index in [-0.39, 0.29) is 28.0 Å². The number of carbonyl (C=O) groups excluding carboxylic acids is 1. The molecule has 0 unspecified atom stereocenters. The Bertz CT molecular complexity index is 1270. The summed E-state index contributed by atoms with van der Waals surface area (Å²) < 4.78 is 16.5. The minimum atomic E-state index is -1.01. The number of methoxy groups -OCH3 is 1. The molecule has 3 rings (SSSR count). The summed E-state index contributed by atoms with van der Waals surface area (Å²) in [6, 6.07) is 14.2. The van der Waals surface area contributed by atoms with Crippen molar-refractivity contribution in [2.24, 2.45) is 5.10 Å². The highest BCUT2D eigenvalue weighted by Crippen LogP contribution is 2.34. The highest BCUT2D eigenvalue weighted by Gasteiger charge is 2.12. The monoisotopic (exact) mass is 528 g/mol. The number of carboxylic acid groups (broad SMARTS) is 1. The summed E-state index contributed by atoms with van der Waals surface area (Å²) in [6.45, 7) is 4.04. The molecule has 0 saturated heterocycles. The second-order valence-corrected chi connectivity index (χ2v) is 8.08. The van der Waals surface area contributed by atoms with Crippen LogP contribution in [0.2, 0.25) is 10.0 Å². The zero-order chi connectivity index (χ0) is 26.1. The SMILES string of the molecule is C=CCOc1ccc(C(=O)N/N=C/c2cc(Cl)c(OCc3ccc(C(=O)O)cc3)c(Cl)c2)cc1OC. The van der Waals surface area contributed by atoms with Crippen LogP contribution in [0.25, 0.3) is 0 Å². The van der Waals surface area contributed by atoms with Gasteiger partial charge in [0.1, 0.15) is 13.2 Å². The molecule has 0 bridgehead atoms. The molecule has 0 atom stereocenters. The third-order valence-corrected chi connectivity index (χ3v) is 5.33. The summed E-state index contributed by atoms with van der Waals surface area (Å²) in [7, 11) is 1.48. The van der Waals surface area contributed by atoms with Crippen LogP contribution in [0.3, 0.4) is 0 Å². The van der Waals surface area contributed by atoms with Crippen LogP contribution in [-0.4, -0.2) is 36.9 Å². The molecule has 1 amide bonds. The fourth-order valence-electron chi connectivity index (χ4n) is 3.00. The fraction of sp³-hybridized carbons (Fsp3) is 0.115.